The molecule has 3 saturated carbocycles. The molecule has 3 fully saturated rings. The van der Waals surface area contributed by atoms with E-state index in [0.717, 1.165) is 18.3 Å². The van der Waals surface area contributed by atoms with E-state index in [4.69, 9.17) is 5.11 Å². The van der Waals surface area contributed by atoms with Gasteiger partial charge in [0.1, 0.15) is 0 Å². The maximum atomic E-state index is 12.0. The van der Waals surface area contributed by atoms with Gasteiger partial charge in [-0.15, -0.1) is 0 Å². The van der Waals surface area contributed by atoms with E-state index in [1.165, 1.54) is 19.3 Å². The molecule has 90 valence electrons. The number of rotatable bonds is 4. The largest absolute Gasteiger partial charge is 0.394 e. The molecule has 3 aliphatic carbocycles. The van der Waals surface area contributed by atoms with Gasteiger partial charge >= 0.3 is 0 Å². The Hall–Kier alpha value is -0.570. The molecule has 0 aromatic heterocycles. The Labute approximate surface area is 96.6 Å². The van der Waals surface area contributed by atoms with Crippen molar-refractivity contribution in [3.8, 4) is 0 Å². The van der Waals surface area contributed by atoms with Crippen molar-refractivity contribution in [2.45, 2.75) is 38.6 Å². The Morgan fingerprint density at radius 2 is 2.00 bits per heavy atom. The lowest BCUT2D eigenvalue weighted by Crippen LogP contribution is -2.38. The Bertz CT molecular complexity index is 284. The Morgan fingerprint density at radius 1 is 1.38 bits per heavy atom. The van der Waals surface area contributed by atoms with E-state index < -0.39 is 0 Å². The molecule has 2 bridgehead atoms. The van der Waals surface area contributed by atoms with Crippen molar-refractivity contribution in [2.75, 3.05) is 6.61 Å². The minimum absolute atomic E-state index is 0.0357. The van der Waals surface area contributed by atoms with Gasteiger partial charge in [0, 0.05) is 5.92 Å². The zero-order valence-electron chi connectivity index (χ0n) is 9.86. The standard InChI is InChI=1S/C13H21NO2/c1-2-9(6-15)14-13(16)12-10-7-3-4-8(5-7)11(10)12/h7-12,15H,2-6H2,1H3,(H,14,16). The third-order valence-electron chi connectivity index (χ3n) is 5.10. The van der Waals surface area contributed by atoms with Crippen LogP contribution in [0.3, 0.4) is 0 Å². The van der Waals surface area contributed by atoms with Gasteiger partial charge in [-0.2, -0.15) is 0 Å². The van der Waals surface area contributed by atoms with E-state index in [2.05, 4.69) is 5.32 Å². The average molecular weight is 223 g/mol. The predicted molar refractivity (Wildman–Crippen MR) is 60.6 cm³/mol. The fourth-order valence-corrected chi connectivity index (χ4v) is 4.25. The molecular weight excluding hydrogens is 202 g/mol. The second kappa shape index (κ2) is 3.73. The van der Waals surface area contributed by atoms with Crippen molar-refractivity contribution in [2.24, 2.45) is 29.6 Å². The number of hydrogen-bond acceptors (Lipinski definition) is 2. The molecule has 0 aliphatic heterocycles. The fourth-order valence-electron chi connectivity index (χ4n) is 4.25. The van der Waals surface area contributed by atoms with Crippen molar-refractivity contribution < 1.29 is 9.90 Å². The van der Waals surface area contributed by atoms with Gasteiger partial charge < -0.3 is 10.4 Å². The first-order valence-corrected chi connectivity index (χ1v) is 6.67. The first-order valence-electron chi connectivity index (χ1n) is 6.67. The van der Waals surface area contributed by atoms with E-state index in [1.54, 1.807) is 0 Å². The molecule has 3 aliphatic rings. The first-order chi connectivity index (χ1) is 7.76. The third-order valence-corrected chi connectivity index (χ3v) is 5.10. The topological polar surface area (TPSA) is 49.3 Å². The number of fused-ring (bicyclic) bond motifs is 5. The van der Waals surface area contributed by atoms with E-state index in [9.17, 15) is 4.79 Å². The minimum Gasteiger partial charge on any atom is -0.394 e. The summed E-state index contributed by atoms with van der Waals surface area (Å²) >= 11 is 0. The summed E-state index contributed by atoms with van der Waals surface area (Å²) in [6.07, 6.45) is 4.91. The second-order valence-corrected chi connectivity index (χ2v) is 5.81. The van der Waals surface area contributed by atoms with Crippen LogP contribution < -0.4 is 5.32 Å². The van der Waals surface area contributed by atoms with Crippen LogP contribution in [0, 0.1) is 29.6 Å². The molecule has 0 spiro atoms. The zero-order valence-corrected chi connectivity index (χ0v) is 9.86. The van der Waals surface area contributed by atoms with Gasteiger partial charge in [0.2, 0.25) is 5.91 Å². The van der Waals surface area contributed by atoms with Crippen LogP contribution in [0.5, 0.6) is 0 Å². The minimum atomic E-state index is -0.0357. The van der Waals surface area contributed by atoms with Crippen LogP contribution in [0.2, 0.25) is 0 Å². The predicted octanol–water partition coefficient (Wildman–Crippen LogP) is 1.17. The van der Waals surface area contributed by atoms with Crippen molar-refractivity contribution in [3.05, 3.63) is 0 Å². The fraction of sp³-hybridized carbons (Fsp3) is 0.923. The molecular formula is C13H21NO2. The molecule has 16 heavy (non-hydrogen) atoms. The highest BCUT2D eigenvalue weighted by Gasteiger charge is 2.67. The lowest BCUT2D eigenvalue weighted by molar-refractivity contribution is -0.124. The van der Waals surface area contributed by atoms with E-state index >= 15 is 0 Å². The van der Waals surface area contributed by atoms with Crippen LogP contribution in [-0.4, -0.2) is 23.7 Å². The number of nitrogens with one attached hydrogen (secondary N) is 1. The molecule has 3 nitrogen and oxygen atoms in total. The molecule has 2 N–H and O–H groups in total. The van der Waals surface area contributed by atoms with Gasteiger partial charge in [-0.25, -0.2) is 0 Å². The van der Waals surface area contributed by atoms with E-state index in [0.29, 0.717) is 17.8 Å². The molecule has 3 rings (SSSR count). The van der Waals surface area contributed by atoms with Gasteiger partial charge in [-0.05, 0) is 49.4 Å². The third kappa shape index (κ3) is 1.41. The van der Waals surface area contributed by atoms with Crippen LogP contribution in [0.15, 0.2) is 0 Å². The second-order valence-electron chi connectivity index (χ2n) is 5.81. The summed E-state index contributed by atoms with van der Waals surface area (Å²) in [7, 11) is 0. The van der Waals surface area contributed by atoms with Crippen LogP contribution in [0.25, 0.3) is 0 Å². The molecule has 3 heteroatoms. The monoisotopic (exact) mass is 223 g/mol. The molecule has 0 aromatic rings. The molecule has 0 heterocycles. The van der Waals surface area contributed by atoms with Crippen LogP contribution >= 0.6 is 0 Å². The molecule has 1 amide bonds. The maximum Gasteiger partial charge on any atom is 0.224 e. The van der Waals surface area contributed by atoms with E-state index in [1.807, 2.05) is 6.92 Å². The number of carbonyl (C=O) groups excluding carboxylic acids is 1. The Morgan fingerprint density at radius 3 is 2.50 bits per heavy atom. The summed E-state index contributed by atoms with van der Waals surface area (Å²) in [6, 6.07) is -0.0357. The van der Waals surface area contributed by atoms with Crippen molar-refractivity contribution in [3.63, 3.8) is 0 Å². The highest BCUT2D eigenvalue weighted by molar-refractivity contribution is 5.83. The van der Waals surface area contributed by atoms with Crippen LogP contribution in [0.4, 0.5) is 0 Å². The highest BCUT2D eigenvalue weighted by Crippen LogP contribution is 2.69. The Kier molecular flexibility index (Phi) is 2.46. The van der Waals surface area contributed by atoms with Crippen LogP contribution in [0.1, 0.15) is 32.6 Å². The van der Waals surface area contributed by atoms with Crippen molar-refractivity contribution >= 4 is 5.91 Å². The normalized spacial score (nSPS) is 45.2. The molecule has 0 radical (unpaired) electrons. The maximum absolute atomic E-state index is 12.0. The molecule has 5 atom stereocenters. The number of hydrogen-bond donors (Lipinski definition) is 2. The summed E-state index contributed by atoms with van der Waals surface area (Å²) in [6.45, 7) is 2.07. The van der Waals surface area contributed by atoms with Crippen molar-refractivity contribution in [1.82, 2.24) is 5.32 Å². The lowest BCUT2D eigenvalue weighted by Gasteiger charge is -2.15. The summed E-state index contributed by atoms with van der Waals surface area (Å²) in [5.74, 6) is 3.61. The highest BCUT2D eigenvalue weighted by atomic mass is 16.3. The summed E-state index contributed by atoms with van der Waals surface area (Å²) < 4.78 is 0. The van der Waals surface area contributed by atoms with E-state index in [-0.39, 0.29) is 18.6 Å². The number of aliphatic hydroxyl groups excluding tert-OH is 1. The number of amides is 1. The van der Waals surface area contributed by atoms with Gasteiger partial charge in [-0.3, -0.25) is 4.79 Å². The van der Waals surface area contributed by atoms with Gasteiger partial charge in [0.15, 0.2) is 0 Å². The number of carbonyl (C=O) groups is 1. The zero-order chi connectivity index (χ0) is 11.3. The SMILES string of the molecule is CCC(CO)NC(=O)C1C2C3CCC(C3)C12. The average Bonchev–Trinajstić information content (AvgIpc) is 2.75. The molecule has 0 saturated heterocycles. The number of aliphatic hydroxyl groups is 1. The van der Waals surface area contributed by atoms with Gasteiger partial charge in [-0.1, -0.05) is 6.92 Å². The lowest BCUT2D eigenvalue weighted by atomic mass is 10.0. The quantitative estimate of drug-likeness (QED) is 0.751. The Balaban J connectivity index is 1.58. The van der Waals surface area contributed by atoms with Gasteiger partial charge in [0.25, 0.3) is 0 Å². The summed E-state index contributed by atoms with van der Waals surface area (Å²) in [5.41, 5.74) is 0. The summed E-state index contributed by atoms with van der Waals surface area (Å²) in [4.78, 5) is 12.0. The van der Waals surface area contributed by atoms with Crippen LogP contribution in [-0.2, 0) is 4.79 Å². The van der Waals surface area contributed by atoms with Gasteiger partial charge in [0.05, 0.1) is 12.6 Å². The molecule has 0 aromatic carbocycles. The first kappa shape index (κ1) is 10.6. The molecule has 5 unspecified atom stereocenters. The van der Waals surface area contributed by atoms with Crippen molar-refractivity contribution in [1.29, 1.82) is 0 Å². The summed E-state index contributed by atoms with van der Waals surface area (Å²) in [5, 5.41) is 12.1. The smallest absolute Gasteiger partial charge is 0.224 e.